The van der Waals surface area contributed by atoms with Gasteiger partial charge in [-0.2, -0.15) is 5.10 Å². The first-order chi connectivity index (χ1) is 8.78. The van der Waals surface area contributed by atoms with Gasteiger partial charge in [0.25, 0.3) is 0 Å². The lowest BCUT2D eigenvalue weighted by atomic mass is 10.2. The van der Waals surface area contributed by atoms with E-state index >= 15 is 0 Å². The van der Waals surface area contributed by atoms with Crippen LogP contribution in [0.5, 0.6) is 0 Å². The van der Waals surface area contributed by atoms with E-state index in [4.69, 9.17) is 5.11 Å². The minimum Gasteiger partial charge on any atom is -0.390 e. The van der Waals surface area contributed by atoms with Gasteiger partial charge < -0.3 is 5.11 Å². The van der Waals surface area contributed by atoms with Crippen LogP contribution in [0.3, 0.4) is 0 Å². The van der Waals surface area contributed by atoms with E-state index in [1.165, 1.54) is 6.20 Å². The Morgan fingerprint density at radius 1 is 1.22 bits per heavy atom. The predicted octanol–water partition coefficient (Wildman–Crippen LogP) is 2.07. The lowest BCUT2D eigenvalue weighted by molar-refractivity contribution is 0.276. The van der Waals surface area contributed by atoms with Crippen LogP contribution in [0, 0.1) is 0 Å². The second-order valence-corrected chi connectivity index (χ2v) is 4.70. The van der Waals surface area contributed by atoms with E-state index in [0.717, 1.165) is 15.4 Å². The molecule has 0 spiro atoms. The maximum absolute atomic E-state index is 9.08. The summed E-state index contributed by atoms with van der Waals surface area (Å²) in [6, 6.07) is 5.91. The smallest absolute Gasteiger partial charge is 0.172 e. The van der Waals surface area contributed by atoms with Crippen molar-refractivity contribution in [2.75, 3.05) is 0 Å². The van der Waals surface area contributed by atoms with Crippen molar-refractivity contribution in [1.29, 1.82) is 0 Å². The third kappa shape index (κ3) is 1.89. The summed E-state index contributed by atoms with van der Waals surface area (Å²) >= 11 is 3.43. The van der Waals surface area contributed by atoms with E-state index in [2.05, 4.69) is 31.0 Å². The number of hydrogen-bond donors (Lipinski definition) is 1. The molecule has 18 heavy (non-hydrogen) atoms. The van der Waals surface area contributed by atoms with Crippen molar-refractivity contribution in [2.45, 2.75) is 6.61 Å². The molecule has 0 amide bonds. The van der Waals surface area contributed by atoms with Crippen molar-refractivity contribution in [3.63, 3.8) is 0 Å². The molecule has 0 bridgehead atoms. The molecule has 0 atom stereocenters. The Bertz CT molecular complexity index is 710. The van der Waals surface area contributed by atoms with E-state index in [0.29, 0.717) is 11.5 Å². The average molecular weight is 305 g/mol. The highest BCUT2D eigenvalue weighted by molar-refractivity contribution is 9.10. The SMILES string of the molecule is OCc1cncc(-n2ncc3ccc(Br)cc32)n1. The topological polar surface area (TPSA) is 63.8 Å². The Kier molecular flexibility index (Phi) is 2.81. The summed E-state index contributed by atoms with van der Waals surface area (Å²) in [6.07, 6.45) is 4.92. The molecule has 0 fully saturated rings. The number of aliphatic hydroxyl groups is 1. The Morgan fingerprint density at radius 3 is 2.94 bits per heavy atom. The van der Waals surface area contributed by atoms with Crippen LogP contribution < -0.4 is 0 Å². The zero-order chi connectivity index (χ0) is 12.5. The quantitative estimate of drug-likeness (QED) is 0.787. The molecule has 0 saturated heterocycles. The van der Waals surface area contributed by atoms with Gasteiger partial charge in [-0.05, 0) is 12.1 Å². The number of aliphatic hydroxyl groups excluding tert-OH is 1. The molecular formula is C12H9BrN4O. The lowest BCUT2D eigenvalue weighted by Gasteiger charge is -2.03. The van der Waals surface area contributed by atoms with Crippen LogP contribution in [-0.4, -0.2) is 24.9 Å². The summed E-state index contributed by atoms with van der Waals surface area (Å²) < 4.78 is 2.68. The predicted molar refractivity (Wildman–Crippen MR) is 70.3 cm³/mol. The van der Waals surface area contributed by atoms with E-state index in [1.807, 2.05) is 18.2 Å². The van der Waals surface area contributed by atoms with Gasteiger partial charge in [-0.1, -0.05) is 22.0 Å². The zero-order valence-electron chi connectivity index (χ0n) is 9.29. The number of rotatable bonds is 2. The summed E-state index contributed by atoms with van der Waals surface area (Å²) in [5.74, 6) is 0.592. The zero-order valence-corrected chi connectivity index (χ0v) is 10.9. The number of fused-ring (bicyclic) bond motifs is 1. The third-order valence-electron chi connectivity index (χ3n) is 2.58. The van der Waals surface area contributed by atoms with Gasteiger partial charge in [0.1, 0.15) is 0 Å². The molecule has 3 rings (SSSR count). The van der Waals surface area contributed by atoms with Crippen molar-refractivity contribution in [3.8, 4) is 5.82 Å². The van der Waals surface area contributed by atoms with Crippen molar-refractivity contribution in [3.05, 3.63) is 47.0 Å². The monoisotopic (exact) mass is 304 g/mol. The van der Waals surface area contributed by atoms with Gasteiger partial charge in [0.2, 0.25) is 0 Å². The van der Waals surface area contributed by atoms with Gasteiger partial charge in [-0.3, -0.25) is 4.98 Å². The normalized spacial score (nSPS) is 11.0. The van der Waals surface area contributed by atoms with Crippen molar-refractivity contribution >= 4 is 26.8 Å². The Labute approximate surface area is 111 Å². The van der Waals surface area contributed by atoms with Crippen molar-refractivity contribution in [2.24, 2.45) is 0 Å². The first kappa shape index (κ1) is 11.3. The largest absolute Gasteiger partial charge is 0.390 e. The molecule has 0 radical (unpaired) electrons. The Hall–Kier alpha value is -1.79. The molecule has 1 aromatic carbocycles. The number of aromatic nitrogens is 4. The van der Waals surface area contributed by atoms with Gasteiger partial charge >= 0.3 is 0 Å². The van der Waals surface area contributed by atoms with Crippen LogP contribution in [0.2, 0.25) is 0 Å². The maximum Gasteiger partial charge on any atom is 0.172 e. The molecule has 0 aliphatic heterocycles. The summed E-state index contributed by atoms with van der Waals surface area (Å²) in [7, 11) is 0. The van der Waals surface area contributed by atoms with Gasteiger partial charge in [0.15, 0.2) is 5.82 Å². The maximum atomic E-state index is 9.08. The molecule has 2 heterocycles. The number of halogens is 1. The standard InChI is InChI=1S/C12H9BrN4O/c13-9-2-1-8-4-15-17(11(8)3-9)12-6-14-5-10(7-18)16-12/h1-6,18H,7H2. The van der Waals surface area contributed by atoms with E-state index < -0.39 is 0 Å². The summed E-state index contributed by atoms with van der Waals surface area (Å²) in [6.45, 7) is -0.135. The van der Waals surface area contributed by atoms with Crippen LogP contribution in [0.25, 0.3) is 16.7 Å². The molecule has 2 aromatic heterocycles. The van der Waals surface area contributed by atoms with Gasteiger partial charge in [0, 0.05) is 9.86 Å². The number of benzene rings is 1. The number of nitrogens with zero attached hydrogens (tertiary/aromatic N) is 4. The lowest BCUT2D eigenvalue weighted by Crippen LogP contribution is -2.02. The minimum atomic E-state index is -0.135. The summed E-state index contributed by atoms with van der Waals surface area (Å²) in [4.78, 5) is 8.33. The fourth-order valence-electron chi connectivity index (χ4n) is 1.75. The van der Waals surface area contributed by atoms with Crippen LogP contribution in [-0.2, 0) is 6.61 Å². The van der Waals surface area contributed by atoms with E-state index in [1.54, 1.807) is 17.1 Å². The molecule has 0 aliphatic carbocycles. The Morgan fingerprint density at radius 2 is 2.11 bits per heavy atom. The van der Waals surface area contributed by atoms with Gasteiger partial charge in [-0.15, -0.1) is 0 Å². The first-order valence-corrected chi connectivity index (χ1v) is 6.12. The highest BCUT2D eigenvalue weighted by Gasteiger charge is 2.07. The first-order valence-electron chi connectivity index (χ1n) is 5.33. The third-order valence-corrected chi connectivity index (χ3v) is 3.08. The highest BCUT2D eigenvalue weighted by atomic mass is 79.9. The minimum absolute atomic E-state index is 0.135. The van der Waals surface area contributed by atoms with Gasteiger partial charge in [0.05, 0.1) is 36.4 Å². The van der Waals surface area contributed by atoms with Crippen LogP contribution in [0.4, 0.5) is 0 Å². The summed E-state index contributed by atoms with van der Waals surface area (Å²) in [5.41, 5.74) is 1.46. The van der Waals surface area contributed by atoms with Gasteiger partial charge in [-0.25, -0.2) is 9.67 Å². The average Bonchev–Trinajstić information content (AvgIpc) is 2.81. The molecule has 90 valence electrons. The van der Waals surface area contributed by atoms with Crippen LogP contribution in [0.1, 0.15) is 5.69 Å². The number of hydrogen-bond acceptors (Lipinski definition) is 4. The van der Waals surface area contributed by atoms with Crippen LogP contribution >= 0.6 is 15.9 Å². The van der Waals surface area contributed by atoms with Crippen molar-refractivity contribution in [1.82, 2.24) is 19.7 Å². The molecule has 6 heteroatoms. The fraction of sp³-hybridized carbons (Fsp3) is 0.0833. The molecule has 3 aromatic rings. The summed E-state index contributed by atoms with van der Waals surface area (Å²) in [5, 5.41) is 14.4. The fourth-order valence-corrected chi connectivity index (χ4v) is 2.10. The molecule has 1 N–H and O–H groups in total. The molecule has 5 nitrogen and oxygen atoms in total. The molecule has 0 saturated carbocycles. The Balaban J connectivity index is 2.21. The van der Waals surface area contributed by atoms with E-state index in [9.17, 15) is 0 Å². The molecule has 0 unspecified atom stereocenters. The highest BCUT2D eigenvalue weighted by Crippen LogP contribution is 2.21. The second-order valence-electron chi connectivity index (χ2n) is 3.79. The molecule has 0 aliphatic rings. The second kappa shape index (κ2) is 4.47. The van der Waals surface area contributed by atoms with Crippen LogP contribution in [0.15, 0.2) is 41.3 Å². The molecular weight excluding hydrogens is 296 g/mol. The van der Waals surface area contributed by atoms with Crippen molar-refractivity contribution < 1.29 is 5.11 Å². The van der Waals surface area contributed by atoms with E-state index in [-0.39, 0.29) is 6.61 Å².